The molecule has 5 aromatic rings. The Kier molecular flexibility index (Phi) is 11.5. The molecular weight excluding hydrogens is 666 g/mol. The average molecular weight is 710 g/mol. The first-order valence-corrected chi connectivity index (χ1v) is 17.6. The second kappa shape index (κ2) is 16.4. The van der Waals surface area contributed by atoms with Crippen molar-refractivity contribution >= 4 is 34.3 Å². The second-order valence-electron chi connectivity index (χ2n) is 13.0. The molecule has 11 heteroatoms. The molecule has 6 rings (SSSR count). The van der Waals surface area contributed by atoms with Gasteiger partial charge in [-0.3, -0.25) is 14.6 Å². The fraction of sp³-hybridized carbons (Fsp3) is 0.350. The van der Waals surface area contributed by atoms with Crippen LogP contribution < -0.4 is 14.2 Å². The number of imidazole rings is 1. The smallest absolute Gasteiger partial charge is 0.253 e. The van der Waals surface area contributed by atoms with Gasteiger partial charge in [0, 0.05) is 42.2 Å². The highest BCUT2D eigenvalue weighted by Crippen LogP contribution is 2.38. The largest absolute Gasteiger partial charge is 0.493 e. The monoisotopic (exact) mass is 709 g/mol. The minimum atomic E-state index is -0.158. The number of ether oxygens (including phenoxy) is 3. The molecule has 266 valence electrons. The number of piperidine rings is 1. The van der Waals surface area contributed by atoms with Gasteiger partial charge in [0.15, 0.2) is 17.3 Å². The molecule has 1 aliphatic heterocycles. The van der Waals surface area contributed by atoms with E-state index < -0.39 is 0 Å². The number of methoxy groups -OCH3 is 3. The molecule has 0 N–H and O–H groups in total. The number of halogens is 1. The summed E-state index contributed by atoms with van der Waals surface area (Å²) in [6.45, 7) is 3.40. The third kappa shape index (κ3) is 8.18. The fourth-order valence-electron chi connectivity index (χ4n) is 6.98. The maximum atomic E-state index is 14.0. The molecule has 0 bridgehead atoms. The first kappa shape index (κ1) is 35.9. The quantitative estimate of drug-likeness (QED) is 0.114. The number of rotatable bonds is 14. The topological polar surface area (TPSA) is 99.0 Å². The number of Topliss-reactive ketones (excluding diaryl/α,β-unsaturated/α-hetero) is 1. The minimum absolute atomic E-state index is 0.0329. The van der Waals surface area contributed by atoms with Crippen molar-refractivity contribution in [2.75, 3.05) is 54.6 Å². The summed E-state index contributed by atoms with van der Waals surface area (Å²) in [4.78, 5) is 41.2. The first-order chi connectivity index (χ1) is 24.8. The number of para-hydroxylation sites is 2. The number of likely N-dealkylation sites (N-methyl/N-ethyl adjacent to an activating group) is 1. The maximum absolute atomic E-state index is 14.0. The van der Waals surface area contributed by atoms with E-state index in [0.717, 1.165) is 61.2 Å². The van der Waals surface area contributed by atoms with Crippen LogP contribution >= 0.6 is 11.6 Å². The Morgan fingerprint density at radius 1 is 0.922 bits per heavy atom. The van der Waals surface area contributed by atoms with Crippen molar-refractivity contribution in [2.45, 2.75) is 31.7 Å². The number of aromatic nitrogens is 3. The van der Waals surface area contributed by atoms with Crippen molar-refractivity contribution < 1.29 is 23.8 Å². The highest BCUT2D eigenvalue weighted by Gasteiger charge is 2.30. The minimum Gasteiger partial charge on any atom is -0.493 e. The number of hydrogen-bond donors (Lipinski definition) is 0. The van der Waals surface area contributed by atoms with Gasteiger partial charge in [0.1, 0.15) is 0 Å². The summed E-state index contributed by atoms with van der Waals surface area (Å²) in [5.41, 5.74) is 4.15. The molecule has 1 amide bonds. The Hall–Kier alpha value is -4.93. The predicted molar refractivity (Wildman–Crippen MR) is 198 cm³/mol. The van der Waals surface area contributed by atoms with Crippen LogP contribution in [0.4, 0.5) is 0 Å². The van der Waals surface area contributed by atoms with Gasteiger partial charge in [-0.15, -0.1) is 0 Å². The van der Waals surface area contributed by atoms with Gasteiger partial charge in [0.25, 0.3) is 5.91 Å². The summed E-state index contributed by atoms with van der Waals surface area (Å²) in [7, 11) is 6.40. The van der Waals surface area contributed by atoms with E-state index >= 15 is 0 Å². The van der Waals surface area contributed by atoms with E-state index in [4.69, 9.17) is 30.8 Å². The Morgan fingerprint density at radius 3 is 2.31 bits per heavy atom. The highest BCUT2D eigenvalue weighted by molar-refractivity contribution is 6.30. The lowest BCUT2D eigenvalue weighted by Crippen LogP contribution is -2.38. The molecule has 10 nitrogen and oxygen atoms in total. The van der Waals surface area contributed by atoms with Gasteiger partial charge in [-0.2, -0.15) is 0 Å². The molecule has 1 aliphatic rings. The molecule has 3 heterocycles. The zero-order chi connectivity index (χ0) is 35.9. The van der Waals surface area contributed by atoms with Gasteiger partial charge in [-0.25, -0.2) is 4.98 Å². The lowest BCUT2D eigenvalue weighted by Gasteiger charge is -2.33. The summed E-state index contributed by atoms with van der Waals surface area (Å²) in [5, 5.41) is 0.657. The van der Waals surface area contributed by atoms with Crippen molar-refractivity contribution in [3.63, 3.8) is 0 Å². The number of fused-ring (bicyclic) bond motifs is 1. The van der Waals surface area contributed by atoms with Crippen LogP contribution in [0.25, 0.3) is 11.0 Å². The summed E-state index contributed by atoms with van der Waals surface area (Å²) in [6.07, 6.45) is 4.10. The van der Waals surface area contributed by atoms with Gasteiger partial charge >= 0.3 is 0 Å². The number of pyridine rings is 1. The van der Waals surface area contributed by atoms with Gasteiger partial charge < -0.3 is 28.6 Å². The van der Waals surface area contributed by atoms with E-state index in [9.17, 15) is 9.59 Å². The third-order valence-electron chi connectivity index (χ3n) is 9.75. The molecular formula is C40H44ClN5O5. The SMILES string of the molecule is COc1cc(C(=O)N(C)CC(CCN2CCC(C(=O)c3nc4ccccc4n3Cc3ccccn3)CC2)c2cccc(Cl)c2)cc(OC)c1OC. The van der Waals surface area contributed by atoms with Gasteiger partial charge in [0.2, 0.25) is 11.5 Å². The van der Waals surface area contributed by atoms with Crippen LogP contribution in [0, 0.1) is 5.92 Å². The van der Waals surface area contributed by atoms with Gasteiger partial charge in [0.05, 0.1) is 44.6 Å². The Labute approximate surface area is 303 Å². The Balaban J connectivity index is 1.12. The number of likely N-dealkylation sites (tertiary alicyclic amines) is 1. The predicted octanol–water partition coefficient (Wildman–Crippen LogP) is 7.00. The van der Waals surface area contributed by atoms with E-state index in [1.165, 1.54) is 21.3 Å². The third-order valence-corrected chi connectivity index (χ3v) is 9.98. The Bertz CT molecular complexity index is 1950. The molecule has 1 fully saturated rings. The van der Waals surface area contributed by atoms with Crippen LogP contribution in [0.3, 0.4) is 0 Å². The number of carbonyl (C=O) groups excluding carboxylic acids is 2. The molecule has 2 aromatic heterocycles. The highest BCUT2D eigenvalue weighted by atomic mass is 35.5. The van der Waals surface area contributed by atoms with Crippen molar-refractivity contribution in [1.82, 2.24) is 24.3 Å². The summed E-state index contributed by atoms with van der Waals surface area (Å²) in [6, 6.07) is 24.9. The van der Waals surface area contributed by atoms with E-state index in [0.29, 0.717) is 46.7 Å². The van der Waals surface area contributed by atoms with Crippen LogP contribution in [0.15, 0.2) is 85.1 Å². The molecule has 1 atom stereocenters. The lowest BCUT2D eigenvalue weighted by atomic mass is 9.90. The summed E-state index contributed by atoms with van der Waals surface area (Å²) >= 11 is 6.43. The number of benzene rings is 3. The molecule has 0 radical (unpaired) electrons. The molecule has 0 aliphatic carbocycles. The zero-order valence-electron chi connectivity index (χ0n) is 29.5. The van der Waals surface area contributed by atoms with E-state index in [1.807, 2.05) is 65.2 Å². The first-order valence-electron chi connectivity index (χ1n) is 17.2. The molecule has 0 saturated carbocycles. The van der Waals surface area contributed by atoms with Crippen LogP contribution in [0.2, 0.25) is 5.02 Å². The van der Waals surface area contributed by atoms with Crippen LogP contribution in [-0.4, -0.2) is 90.6 Å². The number of hydrogen-bond acceptors (Lipinski definition) is 8. The molecule has 1 unspecified atom stereocenters. The Morgan fingerprint density at radius 2 is 1.65 bits per heavy atom. The summed E-state index contributed by atoms with van der Waals surface area (Å²) < 4.78 is 18.4. The van der Waals surface area contributed by atoms with Crippen LogP contribution in [0.5, 0.6) is 17.2 Å². The fourth-order valence-corrected chi connectivity index (χ4v) is 7.18. The van der Waals surface area contributed by atoms with Crippen LogP contribution in [-0.2, 0) is 6.54 Å². The number of amides is 1. The van der Waals surface area contributed by atoms with E-state index in [-0.39, 0.29) is 23.5 Å². The van der Waals surface area contributed by atoms with Crippen molar-refractivity contribution in [3.05, 3.63) is 113 Å². The van der Waals surface area contributed by atoms with Crippen molar-refractivity contribution in [2.24, 2.45) is 5.92 Å². The van der Waals surface area contributed by atoms with Crippen molar-refractivity contribution in [1.29, 1.82) is 0 Å². The summed E-state index contributed by atoms with van der Waals surface area (Å²) in [5.74, 6) is 1.64. The molecule has 51 heavy (non-hydrogen) atoms. The lowest BCUT2D eigenvalue weighted by molar-refractivity contribution is 0.0778. The second-order valence-corrected chi connectivity index (χ2v) is 13.4. The molecule has 1 saturated heterocycles. The zero-order valence-corrected chi connectivity index (χ0v) is 30.3. The van der Waals surface area contributed by atoms with E-state index in [2.05, 4.69) is 16.0 Å². The van der Waals surface area contributed by atoms with Crippen molar-refractivity contribution in [3.8, 4) is 17.2 Å². The van der Waals surface area contributed by atoms with Gasteiger partial charge in [-0.05, 0) is 93.0 Å². The maximum Gasteiger partial charge on any atom is 0.253 e. The normalized spacial score (nSPS) is 14.3. The molecule has 3 aromatic carbocycles. The van der Waals surface area contributed by atoms with E-state index in [1.54, 1.807) is 30.3 Å². The standard InChI is InChI=1S/C40H44ClN5O5/c1-44(40(48)30-23-35(49-2)38(51-4)36(24-30)50-3)25-29(28-10-9-11-31(41)22-28)17-21-45-19-15-27(16-20-45)37(47)39-43-33-13-5-6-14-34(33)46(39)26-32-12-7-8-18-42-32/h5-14,18,22-24,27,29H,15-17,19-21,25-26H2,1-4H3. The average Bonchev–Trinajstić information content (AvgIpc) is 3.53. The van der Waals surface area contributed by atoms with Gasteiger partial charge in [-0.1, -0.05) is 41.9 Å². The van der Waals surface area contributed by atoms with Crippen LogP contribution in [0.1, 0.15) is 57.4 Å². The number of carbonyl (C=O) groups is 2. The number of nitrogens with zero attached hydrogens (tertiary/aromatic N) is 5. The molecule has 0 spiro atoms. The number of ketones is 1.